The second kappa shape index (κ2) is 10.1. The van der Waals surface area contributed by atoms with Crippen molar-refractivity contribution in [1.82, 2.24) is 14.9 Å². The molecule has 35 heavy (non-hydrogen) atoms. The van der Waals surface area contributed by atoms with E-state index in [9.17, 15) is 13.2 Å². The topological polar surface area (TPSA) is 94.8 Å². The van der Waals surface area contributed by atoms with Gasteiger partial charge in [-0.25, -0.2) is 9.97 Å². The number of hydrogen-bond acceptors (Lipinski definition) is 8. The summed E-state index contributed by atoms with van der Waals surface area (Å²) in [5.41, 5.74) is 5.93. The van der Waals surface area contributed by atoms with Crippen molar-refractivity contribution in [3.05, 3.63) is 47.3 Å². The predicted octanol–water partition coefficient (Wildman–Crippen LogP) is 3.87. The number of anilines is 2. The number of aromatic nitrogens is 2. The molecule has 0 spiro atoms. The van der Waals surface area contributed by atoms with E-state index in [1.165, 1.54) is 6.07 Å². The highest BCUT2D eigenvalue weighted by atomic mass is 19.4. The summed E-state index contributed by atoms with van der Waals surface area (Å²) in [7, 11) is 3.58. The number of alkyl halides is 3. The van der Waals surface area contributed by atoms with Gasteiger partial charge in [-0.3, -0.25) is 0 Å². The third-order valence-electron chi connectivity index (χ3n) is 5.66. The molecule has 2 heterocycles. The summed E-state index contributed by atoms with van der Waals surface area (Å²) >= 11 is 0. The monoisotopic (exact) mass is 491 g/mol. The lowest BCUT2D eigenvalue weighted by Gasteiger charge is -2.30. The van der Waals surface area contributed by atoms with Gasteiger partial charge in [0.05, 0.1) is 24.8 Å². The first kappa shape index (κ1) is 24.8. The molecule has 1 saturated heterocycles. The van der Waals surface area contributed by atoms with Crippen molar-refractivity contribution in [3.8, 4) is 11.5 Å². The molecule has 3 aromatic rings. The van der Waals surface area contributed by atoms with Gasteiger partial charge in [-0.05, 0) is 43.8 Å². The van der Waals surface area contributed by atoms with Crippen LogP contribution >= 0.6 is 0 Å². The van der Waals surface area contributed by atoms with Gasteiger partial charge in [0.2, 0.25) is 0 Å². The van der Waals surface area contributed by atoms with Gasteiger partial charge in [-0.1, -0.05) is 0 Å². The van der Waals surface area contributed by atoms with Gasteiger partial charge in [0.1, 0.15) is 24.4 Å². The first-order valence-electron chi connectivity index (χ1n) is 11.1. The third kappa shape index (κ3) is 6.04. The first-order chi connectivity index (χ1) is 16.6. The number of halogens is 3. The number of nitrogens with zero attached hydrogens (tertiary/aromatic N) is 3. The quantitative estimate of drug-likeness (QED) is 0.481. The van der Waals surface area contributed by atoms with Crippen LogP contribution in [0.15, 0.2) is 30.3 Å². The maximum absolute atomic E-state index is 13.2. The van der Waals surface area contributed by atoms with Crippen LogP contribution in [0.4, 0.5) is 24.7 Å². The minimum Gasteiger partial charge on any atom is -0.493 e. The zero-order chi connectivity index (χ0) is 25.2. The number of fused-ring (bicyclic) bond motifs is 1. The van der Waals surface area contributed by atoms with Crippen LogP contribution in [-0.2, 0) is 17.5 Å². The van der Waals surface area contributed by atoms with Gasteiger partial charge in [0.25, 0.3) is 0 Å². The van der Waals surface area contributed by atoms with Gasteiger partial charge < -0.3 is 30.2 Å². The largest absolute Gasteiger partial charge is 0.493 e. The Kier molecular flexibility index (Phi) is 7.18. The highest BCUT2D eigenvalue weighted by Gasteiger charge is 2.31. The Balaban J connectivity index is 1.60. The molecule has 11 heteroatoms. The summed E-state index contributed by atoms with van der Waals surface area (Å²) < 4.78 is 56.9. The van der Waals surface area contributed by atoms with Crippen LogP contribution < -0.4 is 20.5 Å². The average Bonchev–Trinajstić information content (AvgIpc) is 2.79. The first-order valence-corrected chi connectivity index (χ1v) is 11.1. The molecule has 1 aliphatic rings. The van der Waals surface area contributed by atoms with E-state index in [1.807, 2.05) is 7.05 Å². The van der Waals surface area contributed by atoms with Crippen molar-refractivity contribution in [3.63, 3.8) is 0 Å². The van der Waals surface area contributed by atoms with Crippen LogP contribution in [0.5, 0.6) is 11.5 Å². The molecule has 1 fully saturated rings. The Morgan fingerprint density at radius 1 is 1.17 bits per heavy atom. The SMILES string of the molecule is COc1cc2nc(C)nc(NCc3cc(N)cc(C(F)(F)F)c3)c2cc1OC[C@@H]1CN(C)CCO1. The summed E-state index contributed by atoms with van der Waals surface area (Å²) in [5.74, 6) is 1.97. The molecule has 4 rings (SSSR count). The summed E-state index contributed by atoms with van der Waals surface area (Å²) in [6.07, 6.45) is -4.56. The molecule has 0 bridgehead atoms. The molecule has 188 valence electrons. The van der Waals surface area contributed by atoms with Crippen LogP contribution in [0.1, 0.15) is 17.0 Å². The minimum absolute atomic E-state index is 0.0383. The molecule has 3 N–H and O–H groups in total. The number of methoxy groups -OCH3 is 1. The Morgan fingerprint density at radius 3 is 2.69 bits per heavy atom. The molecular formula is C24H28F3N5O3. The molecule has 0 saturated carbocycles. The van der Waals surface area contributed by atoms with Gasteiger partial charge in [-0.15, -0.1) is 0 Å². The normalized spacial score (nSPS) is 16.9. The van der Waals surface area contributed by atoms with Crippen molar-refractivity contribution in [1.29, 1.82) is 0 Å². The number of ether oxygens (including phenoxy) is 3. The van der Waals surface area contributed by atoms with Gasteiger partial charge >= 0.3 is 6.18 Å². The zero-order valence-electron chi connectivity index (χ0n) is 19.8. The van der Waals surface area contributed by atoms with E-state index < -0.39 is 11.7 Å². The van der Waals surface area contributed by atoms with Gasteiger partial charge in [-0.2, -0.15) is 13.2 Å². The number of nitrogens with one attached hydrogen (secondary N) is 1. The van der Waals surface area contributed by atoms with Crippen LogP contribution in [0.3, 0.4) is 0 Å². The zero-order valence-corrected chi connectivity index (χ0v) is 19.8. The van der Waals surface area contributed by atoms with Gasteiger partial charge in [0.15, 0.2) is 11.5 Å². The fraction of sp³-hybridized carbons (Fsp3) is 0.417. The Labute approximate surface area is 201 Å². The van der Waals surface area contributed by atoms with Crippen LogP contribution in [0.25, 0.3) is 10.9 Å². The highest BCUT2D eigenvalue weighted by Crippen LogP contribution is 2.35. The maximum Gasteiger partial charge on any atom is 0.416 e. The molecular weight excluding hydrogens is 463 g/mol. The van der Waals surface area contributed by atoms with E-state index in [0.717, 1.165) is 25.2 Å². The van der Waals surface area contributed by atoms with Crippen molar-refractivity contribution in [2.75, 3.05) is 51.5 Å². The number of aryl methyl sites for hydroxylation is 1. The molecule has 0 unspecified atom stereocenters. The van der Waals surface area contributed by atoms with E-state index >= 15 is 0 Å². The van der Waals surface area contributed by atoms with Gasteiger partial charge in [0, 0.05) is 36.8 Å². The summed E-state index contributed by atoms with van der Waals surface area (Å²) in [6.45, 7) is 4.43. The molecule has 1 aliphatic heterocycles. The number of nitrogens with two attached hydrogens (primary N) is 1. The van der Waals surface area contributed by atoms with Crippen LogP contribution in [0.2, 0.25) is 0 Å². The van der Waals surface area contributed by atoms with E-state index in [-0.39, 0.29) is 18.3 Å². The number of likely N-dealkylation sites (N-methyl/N-ethyl adjacent to an activating group) is 1. The number of hydrogen-bond donors (Lipinski definition) is 2. The molecule has 8 nitrogen and oxygen atoms in total. The summed E-state index contributed by atoms with van der Waals surface area (Å²) in [5, 5.41) is 3.77. The van der Waals surface area contributed by atoms with Crippen LogP contribution in [-0.4, -0.2) is 61.4 Å². The number of benzene rings is 2. The molecule has 1 aromatic heterocycles. The average molecular weight is 492 g/mol. The number of rotatable bonds is 7. The van der Waals surface area contributed by atoms with E-state index in [4.69, 9.17) is 19.9 Å². The molecule has 1 atom stereocenters. The fourth-order valence-corrected chi connectivity index (χ4v) is 3.98. The van der Waals surface area contributed by atoms with Crippen molar-refractivity contribution < 1.29 is 27.4 Å². The highest BCUT2D eigenvalue weighted by molar-refractivity contribution is 5.91. The maximum atomic E-state index is 13.2. The Bertz CT molecular complexity index is 1210. The second-order valence-corrected chi connectivity index (χ2v) is 8.52. The van der Waals surface area contributed by atoms with E-state index in [1.54, 1.807) is 26.2 Å². The minimum atomic E-state index is -4.48. The third-order valence-corrected chi connectivity index (χ3v) is 5.66. The summed E-state index contributed by atoms with van der Waals surface area (Å²) in [4.78, 5) is 11.1. The van der Waals surface area contributed by atoms with E-state index in [0.29, 0.717) is 52.8 Å². The number of morpholine rings is 1. The second-order valence-electron chi connectivity index (χ2n) is 8.52. The van der Waals surface area contributed by atoms with Crippen LogP contribution in [0, 0.1) is 6.92 Å². The van der Waals surface area contributed by atoms with E-state index in [2.05, 4.69) is 20.2 Å². The lowest BCUT2D eigenvalue weighted by atomic mass is 10.1. The number of nitrogen functional groups attached to an aromatic ring is 1. The molecule has 0 radical (unpaired) electrons. The fourth-order valence-electron chi connectivity index (χ4n) is 3.98. The van der Waals surface area contributed by atoms with Crippen molar-refractivity contribution in [2.24, 2.45) is 0 Å². The van der Waals surface area contributed by atoms with Crippen molar-refractivity contribution >= 4 is 22.4 Å². The molecule has 2 aromatic carbocycles. The van der Waals surface area contributed by atoms with Crippen molar-refractivity contribution in [2.45, 2.75) is 25.7 Å². The lowest BCUT2D eigenvalue weighted by molar-refractivity contribution is -0.137. The Morgan fingerprint density at radius 2 is 1.97 bits per heavy atom. The Hall–Kier alpha value is -3.31. The lowest BCUT2D eigenvalue weighted by Crippen LogP contribution is -2.42. The molecule has 0 aliphatic carbocycles. The standard InChI is InChI=1S/C24H28F3N5O3/c1-14-30-20-10-21(33-3)22(35-13-18-12-32(2)4-5-34-18)9-19(20)23(31-14)29-11-15-6-16(24(25,26)27)8-17(28)7-15/h6-10,18H,4-5,11-13,28H2,1-3H3,(H,29,30,31)/t18-/m0/s1. The predicted molar refractivity (Wildman–Crippen MR) is 127 cm³/mol. The smallest absolute Gasteiger partial charge is 0.416 e. The molecule has 0 amide bonds. The summed E-state index contributed by atoms with van der Waals surface area (Å²) in [6, 6.07) is 7.00.